The van der Waals surface area contributed by atoms with E-state index in [4.69, 9.17) is 15.2 Å². The lowest BCUT2D eigenvalue weighted by atomic mass is 10.0. The summed E-state index contributed by atoms with van der Waals surface area (Å²) in [6.45, 7) is 1.97. The van der Waals surface area contributed by atoms with Crippen LogP contribution in [0.5, 0.6) is 0 Å². The second kappa shape index (κ2) is 7.16. The summed E-state index contributed by atoms with van der Waals surface area (Å²) in [7, 11) is 0. The van der Waals surface area contributed by atoms with Gasteiger partial charge in [0.05, 0.1) is 6.61 Å². The number of nitrogens with two attached hydrogens (primary N) is 1. The van der Waals surface area contributed by atoms with E-state index in [0.717, 1.165) is 38.9 Å². The zero-order valence-electron chi connectivity index (χ0n) is 9.89. The van der Waals surface area contributed by atoms with Gasteiger partial charge in [0.2, 0.25) is 5.91 Å². The summed E-state index contributed by atoms with van der Waals surface area (Å²) in [6.07, 6.45) is 3.10. The maximum Gasteiger partial charge on any atom is 0.249 e. The standard InChI is InChI=1S/C11H20N2O3.ClH/c12-8-1-2-10(16-7-8)11(14)13-9-3-5-15-6-4-9;/h8-10H,1-7,12H2,(H,13,14);1H. The van der Waals surface area contributed by atoms with E-state index in [2.05, 4.69) is 5.32 Å². The molecule has 0 bridgehead atoms. The summed E-state index contributed by atoms with van der Waals surface area (Å²) in [6, 6.07) is 0.340. The van der Waals surface area contributed by atoms with E-state index < -0.39 is 0 Å². The lowest BCUT2D eigenvalue weighted by Crippen LogP contribution is -2.48. The van der Waals surface area contributed by atoms with E-state index in [0.29, 0.717) is 6.61 Å². The average molecular weight is 265 g/mol. The molecule has 0 aromatic heterocycles. The molecule has 0 spiro atoms. The Kier molecular flexibility index (Phi) is 6.19. The molecule has 17 heavy (non-hydrogen) atoms. The van der Waals surface area contributed by atoms with Gasteiger partial charge >= 0.3 is 0 Å². The van der Waals surface area contributed by atoms with Crippen molar-refractivity contribution in [1.82, 2.24) is 5.32 Å². The molecule has 6 heteroatoms. The molecular formula is C11H21ClN2O3. The molecule has 5 nitrogen and oxygen atoms in total. The second-order valence-corrected chi connectivity index (χ2v) is 4.55. The summed E-state index contributed by atoms with van der Waals surface area (Å²) in [5.74, 6) is 0.0128. The third kappa shape index (κ3) is 4.43. The van der Waals surface area contributed by atoms with Crippen LogP contribution in [0.1, 0.15) is 25.7 Å². The Bertz CT molecular complexity index is 239. The minimum absolute atomic E-state index is 0. The number of rotatable bonds is 2. The van der Waals surface area contributed by atoms with E-state index in [9.17, 15) is 4.79 Å². The monoisotopic (exact) mass is 264 g/mol. The van der Waals surface area contributed by atoms with Crippen LogP contribution < -0.4 is 11.1 Å². The average Bonchev–Trinajstić information content (AvgIpc) is 2.31. The van der Waals surface area contributed by atoms with Gasteiger partial charge in [-0.05, 0) is 25.7 Å². The van der Waals surface area contributed by atoms with Crippen LogP contribution in [-0.2, 0) is 14.3 Å². The Labute approximate surface area is 108 Å². The second-order valence-electron chi connectivity index (χ2n) is 4.55. The van der Waals surface area contributed by atoms with Crippen LogP contribution in [-0.4, -0.2) is 43.9 Å². The highest BCUT2D eigenvalue weighted by molar-refractivity contribution is 5.85. The quantitative estimate of drug-likeness (QED) is 0.748. The number of ether oxygens (including phenoxy) is 2. The molecule has 1 amide bonds. The molecule has 3 N–H and O–H groups in total. The van der Waals surface area contributed by atoms with Gasteiger partial charge in [0.25, 0.3) is 0 Å². The fourth-order valence-electron chi connectivity index (χ4n) is 2.11. The summed E-state index contributed by atoms with van der Waals surface area (Å²) < 4.78 is 10.7. The number of carbonyl (C=O) groups excluding carboxylic acids is 1. The molecular weight excluding hydrogens is 244 g/mol. The van der Waals surface area contributed by atoms with E-state index in [1.54, 1.807) is 0 Å². The highest BCUT2D eigenvalue weighted by Gasteiger charge is 2.27. The number of carbonyl (C=O) groups is 1. The number of halogens is 1. The smallest absolute Gasteiger partial charge is 0.249 e. The Morgan fingerprint density at radius 1 is 1.18 bits per heavy atom. The van der Waals surface area contributed by atoms with Gasteiger partial charge in [0, 0.05) is 25.3 Å². The summed E-state index contributed by atoms with van der Waals surface area (Å²) in [5, 5.41) is 3.02. The molecule has 2 fully saturated rings. The Morgan fingerprint density at radius 2 is 1.88 bits per heavy atom. The number of amides is 1. The molecule has 0 aromatic rings. The first-order valence-corrected chi connectivity index (χ1v) is 6.01. The zero-order valence-corrected chi connectivity index (χ0v) is 10.7. The Balaban J connectivity index is 0.00000144. The molecule has 100 valence electrons. The van der Waals surface area contributed by atoms with Crippen molar-refractivity contribution in [3.63, 3.8) is 0 Å². The van der Waals surface area contributed by atoms with Crippen LogP contribution in [0.2, 0.25) is 0 Å². The lowest BCUT2D eigenvalue weighted by molar-refractivity contribution is -0.137. The van der Waals surface area contributed by atoms with Gasteiger partial charge in [-0.3, -0.25) is 4.79 Å². The minimum Gasteiger partial charge on any atom is -0.381 e. The SMILES string of the molecule is Cl.NC1CCC(C(=O)NC2CCOCC2)OC1. The van der Waals surface area contributed by atoms with Crippen LogP contribution in [0.25, 0.3) is 0 Å². The highest BCUT2D eigenvalue weighted by Crippen LogP contribution is 2.13. The Hall–Kier alpha value is -0.360. The lowest BCUT2D eigenvalue weighted by Gasteiger charge is -2.29. The van der Waals surface area contributed by atoms with Crippen molar-refractivity contribution >= 4 is 18.3 Å². The molecule has 2 aliphatic rings. The van der Waals surface area contributed by atoms with Gasteiger partial charge in [0.15, 0.2) is 0 Å². The van der Waals surface area contributed by atoms with Crippen molar-refractivity contribution < 1.29 is 14.3 Å². The first kappa shape index (κ1) is 14.7. The molecule has 0 radical (unpaired) electrons. The van der Waals surface area contributed by atoms with Crippen LogP contribution in [0, 0.1) is 0 Å². The largest absolute Gasteiger partial charge is 0.381 e. The highest BCUT2D eigenvalue weighted by atomic mass is 35.5. The van der Waals surface area contributed by atoms with Crippen LogP contribution in [0.15, 0.2) is 0 Å². The molecule has 2 heterocycles. The third-order valence-electron chi connectivity index (χ3n) is 3.17. The van der Waals surface area contributed by atoms with E-state index >= 15 is 0 Å². The number of hydrogen-bond donors (Lipinski definition) is 2. The molecule has 2 atom stereocenters. The van der Waals surface area contributed by atoms with Crippen LogP contribution >= 0.6 is 12.4 Å². The molecule has 0 aromatic carbocycles. The predicted molar refractivity (Wildman–Crippen MR) is 66.2 cm³/mol. The summed E-state index contributed by atoms with van der Waals surface area (Å²) in [4.78, 5) is 11.9. The van der Waals surface area contributed by atoms with Gasteiger partial charge in [-0.2, -0.15) is 0 Å². The predicted octanol–water partition coefficient (Wildman–Crippen LogP) is 0.210. The maximum absolute atomic E-state index is 11.9. The van der Waals surface area contributed by atoms with Crippen LogP contribution in [0.4, 0.5) is 0 Å². The van der Waals surface area contributed by atoms with E-state index in [1.165, 1.54) is 0 Å². The molecule has 2 rings (SSSR count). The maximum atomic E-state index is 11.9. The van der Waals surface area contributed by atoms with Crippen molar-refractivity contribution in [2.75, 3.05) is 19.8 Å². The van der Waals surface area contributed by atoms with Crippen molar-refractivity contribution in [3.8, 4) is 0 Å². The normalized spacial score (nSPS) is 30.4. The zero-order chi connectivity index (χ0) is 11.4. The molecule has 2 unspecified atom stereocenters. The Morgan fingerprint density at radius 3 is 2.47 bits per heavy atom. The van der Waals surface area contributed by atoms with E-state index in [-0.39, 0.29) is 36.5 Å². The van der Waals surface area contributed by atoms with Gasteiger partial charge in [-0.15, -0.1) is 12.4 Å². The molecule has 0 saturated carbocycles. The van der Waals surface area contributed by atoms with Crippen molar-refractivity contribution in [2.45, 2.75) is 43.9 Å². The first-order chi connectivity index (χ1) is 7.75. The van der Waals surface area contributed by atoms with Crippen LogP contribution in [0.3, 0.4) is 0 Å². The van der Waals surface area contributed by atoms with Gasteiger partial charge < -0.3 is 20.5 Å². The van der Waals surface area contributed by atoms with Gasteiger partial charge in [-0.1, -0.05) is 0 Å². The topological polar surface area (TPSA) is 73.6 Å². The van der Waals surface area contributed by atoms with Crippen molar-refractivity contribution in [2.24, 2.45) is 5.73 Å². The fraction of sp³-hybridized carbons (Fsp3) is 0.909. The van der Waals surface area contributed by atoms with Crippen molar-refractivity contribution in [3.05, 3.63) is 0 Å². The number of nitrogens with one attached hydrogen (secondary N) is 1. The number of hydrogen-bond acceptors (Lipinski definition) is 4. The minimum atomic E-state index is -0.303. The fourth-order valence-corrected chi connectivity index (χ4v) is 2.11. The molecule has 0 aliphatic carbocycles. The van der Waals surface area contributed by atoms with Gasteiger partial charge in [-0.25, -0.2) is 0 Å². The van der Waals surface area contributed by atoms with Crippen molar-refractivity contribution in [1.29, 1.82) is 0 Å². The molecule has 2 aliphatic heterocycles. The van der Waals surface area contributed by atoms with E-state index in [1.807, 2.05) is 0 Å². The third-order valence-corrected chi connectivity index (χ3v) is 3.17. The van der Waals surface area contributed by atoms with Gasteiger partial charge in [0.1, 0.15) is 6.10 Å². The summed E-state index contributed by atoms with van der Waals surface area (Å²) >= 11 is 0. The first-order valence-electron chi connectivity index (χ1n) is 6.01. The molecule has 2 saturated heterocycles. The summed E-state index contributed by atoms with van der Waals surface area (Å²) in [5.41, 5.74) is 5.71.